The smallest absolute Gasteiger partial charge is 1.00 e. The molecule has 0 saturated heterocycles. The van der Waals surface area contributed by atoms with Crippen molar-refractivity contribution in [2.75, 3.05) is 0 Å². The Kier molecular flexibility index (Phi) is 5.23. The molecule has 0 fully saturated rings. The van der Waals surface area contributed by atoms with E-state index in [0.29, 0.717) is 6.07 Å². The van der Waals surface area contributed by atoms with Crippen molar-refractivity contribution in [1.29, 1.82) is 0 Å². The largest absolute Gasteiger partial charge is 1.00 e. The van der Waals surface area contributed by atoms with Gasteiger partial charge in [-0.15, -0.1) is 0 Å². The van der Waals surface area contributed by atoms with E-state index in [0.717, 1.165) is 12.1 Å². The third-order valence-corrected chi connectivity index (χ3v) is 2.61. The van der Waals surface area contributed by atoms with Crippen LogP contribution >= 0.6 is 0 Å². The molecule has 1 aromatic rings. The Balaban J connectivity index is 0. The molecule has 0 radical (unpaired) electrons. The number of nitrogens with two attached hydrogens (primary N) is 1. The van der Waals surface area contributed by atoms with Crippen LogP contribution in [0.5, 0.6) is 0 Å². The number of carbonyl (C=O) groups excluding carboxylic acids is 1. The first-order chi connectivity index (χ1) is 7.23. The maximum Gasteiger partial charge on any atom is 1.00 e. The van der Waals surface area contributed by atoms with Gasteiger partial charge < -0.3 is 7.16 Å². The molecule has 0 spiro atoms. The van der Waals surface area contributed by atoms with E-state index in [1.54, 1.807) is 0 Å². The fraction of sp³-hybridized carbons (Fsp3) is 0. The maximum absolute atomic E-state index is 10.9. The second-order valence-corrected chi connectivity index (χ2v) is 4.17. The molecule has 0 aliphatic rings. The van der Waals surface area contributed by atoms with Crippen molar-refractivity contribution in [1.82, 2.24) is 0 Å². The second kappa shape index (κ2) is 5.56. The van der Waals surface area contributed by atoms with Gasteiger partial charge >= 0.3 is 29.6 Å². The first kappa shape index (κ1) is 16.0. The predicted octanol–water partition coefficient (Wildman–Crippen LogP) is -2.94. The van der Waals surface area contributed by atoms with Crippen molar-refractivity contribution < 1.29 is 53.7 Å². The van der Waals surface area contributed by atoms with Crippen LogP contribution < -0.4 is 35.3 Å². The van der Waals surface area contributed by atoms with Crippen LogP contribution in [0, 0.1) is 10.1 Å². The van der Waals surface area contributed by atoms with Gasteiger partial charge in [0.05, 0.1) is 10.5 Å². The molecule has 0 saturated carbocycles. The zero-order valence-corrected chi connectivity index (χ0v) is 11.5. The summed E-state index contributed by atoms with van der Waals surface area (Å²) in [6, 6.07) is 2.34. The van der Waals surface area contributed by atoms with Gasteiger partial charge in [-0.1, -0.05) is 0 Å². The second-order valence-electron chi connectivity index (χ2n) is 2.78. The Bertz CT molecular complexity index is 575. The first-order valence-electron chi connectivity index (χ1n) is 3.79. The Morgan fingerprint density at radius 2 is 2.00 bits per heavy atom. The molecule has 0 bridgehead atoms. The normalized spacial score (nSPS) is 10.4. The molecule has 0 unspecified atom stereocenters. The average Bonchev–Trinajstić information content (AvgIpc) is 2.15. The van der Waals surface area contributed by atoms with Crippen LogP contribution in [-0.4, -0.2) is 23.8 Å². The molecular weight excluding hydrogens is 263 g/mol. The van der Waals surface area contributed by atoms with Crippen LogP contribution in [-0.2, 0) is 10.1 Å². The number of nitro benzene ring substituents is 1. The molecule has 0 aromatic heterocycles. The molecular formula is C7H7N2NaO6S. The standard InChI is InChI=1S/C7H6N2O6S.Na.H/c8-7(10)5-2-1-4(9(11)12)3-6(5)16(13,14)15;;/h1-3H,(H2,8,10)(H,13,14,15);;/q;+1;-1. The monoisotopic (exact) mass is 270 g/mol. The summed E-state index contributed by atoms with van der Waals surface area (Å²) >= 11 is 0. The summed E-state index contributed by atoms with van der Waals surface area (Å²) in [5, 5.41) is 10.4. The number of rotatable bonds is 3. The summed E-state index contributed by atoms with van der Waals surface area (Å²) in [5.41, 5.74) is 3.78. The van der Waals surface area contributed by atoms with E-state index in [-0.39, 0.29) is 31.0 Å². The number of non-ortho nitro benzene ring substituents is 1. The van der Waals surface area contributed by atoms with Gasteiger partial charge in [0.25, 0.3) is 15.8 Å². The number of carbonyl (C=O) groups is 1. The summed E-state index contributed by atoms with van der Waals surface area (Å²) in [6.45, 7) is 0. The minimum atomic E-state index is -4.74. The number of benzene rings is 1. The molecule has 88 valence electrons. The topological polar surface area (TPSA) is 141 Å². The van der Waals surface area contributed by atoms with Crippen molar-refractivity contribution in [3.8, 4) is 0 Å². The molecule has 10 heteroatoms. The Hall–Kier alpha value is -1.000. The Morgan fingerprint density at radius 3 is 2.35 bits per heavy atom. The van der Waals surface area contributed by atoms with Crippen LogP contribution in [0.25, 0.3) is 0 Å². The van der Waals surface area contributed by atoms with E-state index in [4.69, 9.17) is 10.3 Å². The molecule has 3 N–H and O–H groups in total. The van der Waals surface area contributed by atoms with E-state index >= 15 is 0 Å². The molecule has 17 heavy (non-hydrogen) atoms. The van der Waals surface area contributed by atoms with Gasteiger partial charge in [0.2, 0.25) is 5.91 Å². The molecule has 0 aliphatic heterocycles. The zero-order valence-electron chi connectivity index (χ0n) is 9.65. The Morgan fingerprint density at radius 1 is 1.47 bits per heavy atom. The summed E-state index contributed by atoms with van der Waals surface area (Å²) in [7, 11) is -4.74. The van der Waals surface area contributed by atoms with E-state index < -0.39 is 37.1 Å². The van der Waals surface area contributed by atoms with E-state index in [1.807, 2.05) is 0 Å². The van der Waals surface area contributed by atoms with Gasteiger partial charge in [0, 0.05) is 12.1 Å². The molecule has 0 aliphatic carbocycles. The van der Waals surface area contributed by atoms with Gasteiger partial charge in [-0.3, -0.25) is 19.5 Å². The summed E-state index contributed by atoms with van der Waals surface area (Å²) in [6.07, 6.45) is 0. The van der Waals surface area contributed by atoms with Gasteiger partial charge in [-0.25, -0.2) is 0 Å². The van der Waals surface area contributed by atoms with Crippen LogP contribution in [0.1, 0.15) is 11.8 Å². The molecule has 0 heterocycles. The van der Waals surface area contributed by atoms with Crippen molar-refractivity contribution >= 4 is 21.7 Å². The van der Waals surface area contributed by atoms with Gasteiger partial charge in [-0.2, -0.15) is 8.42 Å². The Labute approximate surface area is 119 Å². The molecule has 1 aromatic carbocycles. The number of amides is 1. The summed E-state index contributed by atoms with van der Waals surface area (Å²) < 4.78 is 30.5. The predicted molar refractivity (Wildman–Crippen MR) is 52.5 cm³/mol. The van der Waals surface area contributed by atoms with Crippen LogP contribution in [0.15, 0.2) is 23.1 Å². The first-order valence-corrected chi connectivity index (χ1v) is 5.23. The number of hydrogen-bond acceptors (Lipinski definition) is 5. The minimum Gasteiger partial charge on any atom is -1.00 e. The molecule has 0 atom stereocenters. The summed E-state index contributed by atoms with van der Waals surface area (Å²) in [5.74, 6) is -1.11. The van der Waals surface area contributed by atoms with Gasteiger partial charge in [-0.05, 0) is 6.07 Å². The number of nitro groups is 1. The molecule has 1 rings (SSSR count). The SMILES string of the molecule is NC(=O)c1ccc([N+](=O)[O-])cc1S(=O)(=O)O.[H-].[Na+]. The van der Waals surface area contributed by atoms with Crippen molar-refractivity contribution in [3.63, 3.8) is 0 Å². The number of nitrogens with zero attached hydrogens (tertiary/aromatic N) is 1. The summed E-state index contributed by atoms with van der Waals surface area (Å²) in [4.78, 5) is 19.5. The van der Waals surface area contributed by atoms with Gasteiger partial charge in [0.15, 0.2) is 0 Å². The maximum atomic E-state index is 10.9. The van der Waals surface area contributed by atoms with Crippen molar-refractivity contribution in [2.45, 2.75) is 4.90 Å². The average molecular weight is 270 g/mol. The third kappa shape index (κ3) is 3.75. The zero-order chi connectivity index (χ0) is 12.5. The van der Waals surface area contributed by atoms with E-state index in [9.17, 15) is 23.3 Å². The van der Waals surface area contributed by atoms with Crippen LogP contribution in [0.2, 0.25) is 0 Å². The van der Waals surface area contributed by atoms with Crippen molar-refractivity contribution in [2.24, 2.45) is 5.73 Å². The fourth-order valence-corrected chi connectivity index (χ4v) is 1.76. The quantitative estimate of drug-likeness (QED) is 0.260. The number of primary amides is 1. The fourth-order valence-electron chi connectivity index (χ4n) is 1.04. The van der Waals surface area contributed by atoms with Crippen LogP contribution in [0.3, 0.4) is 0 Å². The minimum absolute atomic E-state index is 0. The third-order valence-electron chi connectivity index (χ3n) is 1.72. The van der Waals surface area contributed by atoms with E-state index in [1.165, 1.54) is 0 Å². The van der Waals surface area contributed by atoms with E-state index in [2.05, 4.69) is 0 Å². The molecule has 8 nitrogen and oxygen atoms in total. The van der Waals surface area contributed by atoms with Gasteiger partial charge in [0.1, 0.15) is 4.90 Å². The molecule has 1 amide bonds. The van der Waals surface area contributed by atoms with Crippen molar-refractivity contribution in [3.05, 3.63) is 33.9 Å². The van der Waals surface area contributed by atoms with Crippen LogP contribution in [0.4, 0.5) is 5.69 Å². The number of hydrogen-bond donors (Lipinski definition) is 2.